The summed E-state index contributed by atoms with van der Waals surface area (Å²) in [6, 6.07) is 7.48. The van der Waals surface area contributed by atoms with E-state index in [1.807, 2.05) is 13.8 Å². The van der Waals surface area contributed by atoms with E-state index in [4.69, 9.17) is 0 Å². The van der Waals surface area contributed by atoms with Gasteiger partial charge in [0.15, 0.2) is 0 Å². The Kier molecular flexibility index (Phi) is 5.00. The highest BCUT2D eigenvalue weighted by atomic mass is 32.2. The summed E-state index contributed by atoms with van der Waals surface area (Å²) in [4.78, 5) is 16.4. The molecule has 1 aromatic heterocycles. The smallest absolute Gasteiger partial charge is 0.296 e. The molecular formula is C18H17N5O5S2. The number of fused-ring (bicyclic) bond motifs is 2. The molecule has 0 aliphatic carbocycles. The highest BCUT2D eigenvalue weighted by molar-refractivity contribution is 7.86. The Morgan fingerprint density at radius 1 is 1.27 bits per heavy atom. The van der Waals surface area contributed by atoms with Crippen LogP contribution in [0.25, 0.3) is 10.2 Å². The van der Waals surface area contributed by atoms with Crippen molar-refractivity contribution in [3.8, 4) is 0 Å². The summed E-state index contributed by atoms with van der Waals surface area (Å²) in [6.45, 7) is 4.76. The molecule has 0 saturated carbocycles. The van der Waals surface area contributed by atoms with Crippen molar-refractivity contribution in [2.24, 2.45) is 10.2 Å². The molecule has 0 saturated heterocycles. The topological polar surface area (TPSA) is 138 Å². The zero-order chi connectivity index (χ0) is 21.6. The Labute approximate surface area is 175 Å². The van der Waals surface area contributed by atoms with Crippen LogP contribution in [0.15, 0.2) is 45.5 Å². The third-order valence-electron chi connectivity index (χ3n) is 4.81. The number of azo groups is 1. The average Bonchev–Trinajstić information content (AvgIpc) is 3.27. The summed E-state index contributed by atoms with van der Waals surface area (Å²) in [6.07, 6.45) is 0.729. The Morgan fingerprint density at radius 3 is 2.70 bits per heavy atom. The molecule has 0 bridgehead atoms. The maximum atomic E-state index is 11.9. The molecule has 3 aromatic rings. The Morgan fingerprint density at radius 2 is 2.03 bits per heavy atom. The number of hydrogen-bond donors (Lipinski definition) is 1. The highest BCUT2D eigenvalue weighted by Crippen LogP contribution is 2.39. The molecule has 1 aliphatic heterocycles. The number of rotatable bonds is 5. The number of nitro groups is 1. The fraction of sp³-hybridized carbons (Fsp3) is 0.278. The van der Waals surface area contributed by atoms with E-state index < -0.39 is 15.0 Å². The van der Waals surface area contributed by atoms with Crippen LogP contribution in [-0.2, 0) is 16.5 Å². The predicted octanol–water partition coefficient (Wildman–Crippen LogP) is 4.64. The van der Waals surface area contributed by atoms with Crippen LogP contribution in [-0.4, -0.2) is 35.5 Å². The summed E-state index contributed by atoms with van der Waals surface area (Å²) in [5.41, 5.74) is 2.16. The molecule has 2 heterocycles. The van der Waals surface area contributed by atoms with Gasteiger partial charge in [-0.25, -0.2) is 4.98 Å². The maximum Gasteiger partial charge on any atom is 0.296 e. The minimum atomic E-state index is -4.52. The largest absolute Gasteiger partial charge is 0.369 e. The van der Waals surface area contributed by atoms with E-state index in [-0.39, 0.29) is 27.4 Å². The molecule has 2 aromatic carbocycles. The van der Waals surface area contributed by atoms with Crippen LogP contribution >= 0.6 is 11.3 Å². The second-order valence-corrected chi connectivity index (χ2v) is 9.47. The summed E-state index contributed by atoms with van der Waals surface area (Å²) in [5, 5.41) is 19.2. The van der Waals surface area contributed by atoms with Gasteiger partial charge in [0.1, 0.15) is 10.6 Å². The summed E-state index contributed by atoms with van der Waals surface area (Å²) in [7, 11) is -4.52. The molecule has 0 atom stereocenters. The first-order valence-corrected chi connectivity index (χ1v) is 11.3. The molecule has 156 valence electrons. The van der Waals surface area contributed by atoms with E-state index in [9.17, 15) is 23.1 Å². The van der Waals surface area contributed by atoms with Crippen molar-refractivity contribution in [1.29, 1.82) is 0 Å². The fourth-order valence-corrected chi connectivity index (χ4v) is 4.85. The van der Waals surface area contributed by atoms with Gasteiger partial charge >= 0.3 is 0 Å². The van der Waals surface area contributed by atoms with Crippen molar-refractivity contribution in [2.45, 2.75) is 31.2 Å². The number of anilines is 1. The molecule has 4 rings (SSSR count). The monoisotopic (exact) mass is 447 g/mol. The van der Waals surface area contributed by atoms with Crippen molar-refractivity contribution >= 4 is 53.9 Å². The van der Waals surface area contributed by atoms with E-state index in [1.54, 1.807) is 6.07 Å². The molecule has 1 N–H and O–H groups in total. The number of benzene rings is 2. The first-order valence-electron chi connectivity index (χ1n) is 9.01. The van der Waals surface area contributed by atoms with Crippen molar-refractivity contribution in [3.63, 3.8) is 0 Å². The lowest BCUT2D eigenvalue weighted by atomic mass is 10.1. The Balaban J connectivity index is 1.75. The van der Waals surface area contributed by atoms with Crippen molar-refractivity contribution in [3.05, 3.63) is 46.0 Å². The van der Waals surface area contributed by atoms with E-state index >= 15 is 0 Å². The quantitative estimate of drug-likeness (QED) is 0.260. The summed E-state index contributed by atoms with van der Waals surface area (Å²) in [5.74, 6) is 0. The maximum absolute atomic E-state index is 11.9. The van der Waals surface area contributed by atoms with E-state index in [0.717, 1.165) is 35.6 Å². The minimum absolute atomic E-state index is 0.0205. The van der Waals surface area contributed by atoms with Crippen LogP contribution in [0.3, 0.4) is 0 Å². The first-order chi connectivity index (χ1) is 14.1. The zero-order valence-corrected chi connectivity index (χ0v) is 17.6. The van der Waals surface area contributed by atoms with Gasteiger partial charge < -0.3 is 4.90 Å². The zero-order valence-electron chi connectivity index (χ0n) is 16.0. The second kappa shape index (κ2) is 7.38. The van der Waals surface area contributed by atoms with Crippen LogP contribution < -0.4 is 4.90 Å². The molecular weight excluding hydrogens is 430 g/mol. The van der Waals surface area contributed by atoms with Crippen LogP contribution in [0.4, 0.5) is 22.2 Å². The fourth-order valence-electron chi connectivity index (χ4n) is 3.41. The summed E-state index contributed by atoms with van der Waals surface area (Å²) >= 11 is 1.10. The Hall–Kier alpha value is -2.96. The number of non-ortho nitro benzene ring substituents is 1. The summed E-state index contributed by atoms with van der Waals surface area (Å²) < 4.78 is 34.1. The van der Waals surface area contributed by atoms with Gasteiger partial charge in [-0.05, 0) is 44.0 Å². The standard InChI is InChI=1S/C18H17N5O5S2/c1-10(2)22-6-5-11-7-14(17(9-15(11)22)30(26,27)28)20-21-18-19-13-4-3-12(23(24)25)8-16(13)29-18/h3-4,7-10H,5-6H2,1-2H3,(H,26,27,28). The van der Waals surface area contributed by atoms with Crippen LogP contribution in [0.5, 0.6) is 0 Å². The first kappa shape index (κ1) is 20.3. The van der Waals surface area contributed by atoms with Gasteiger partial charge in [-0.15, -0.1) is 10.2 Å². The van der Waals surface area contributed by atoms with Gasteiger partial charge in [0.25, 0.3) is 15.8 Å². The van der Waals surface area contributed by atoms with Gasteiger partial charge in [0.2, 0.25) is 5.13 Å². The highest BCUT2D eigenvalue weighted by Gasteiger charge is 2.27. The number of aromatic nitrogens is 1. The minimum Gasteiger partial charge on any atom is -0.369 e. The molecule has 0 fully saturated rings. The third-order valence-corrected chi connectivity index (χ3v) is 6.59. The van der Waals surface area contributed by atoms with Crippen molar-refractivity contribution in [1.82, 2.24) is 4.98 Å². The van der Waals surface area contributed by atoms with Crippen LogP contribution in [0.1, 0.15) is 19.4 Å². The molecule has 10 nitrogen and oxygen atoms in total. The van der Waals surface area contributed by atoms with Crippen LogP contribution in [0, 0.1) is 10.1 Å². The molecule has 1 aliphatic rings. The molecule has 0 spiro atoms. The van der Waals surface area contributed by atoms with E-state index in [2.05, 4.69) is 20.1 Å². The van der Waals surface area contributed by atoms with Gasteiger partial charge in [-0.1, -0.05) is 11.3 Å². The number of hydrogen-bond acceptors (Lipinski definition) is 9. The molecule has 0 radical (unpaired) electrons. The second-order valence-electron chi connectivity index (χ2n) is 7.07. The number of nitrogens with zero attached hydrogens (tertiary/aromatic N) is 5. The van der Waals surface area contributed by atoms with E-state index in [1.165, 1.54) is 24.3 Å². The normalized spacial score (nSPS) is 14.2. The lowest BCUT2D eigenvalue weighted by Crippen LogP contribution is -2.28. The molecule has 30 heavy (non-hydrogen) atoms. The lowest BCUT2D eigenvalue weighted by molar-refractivity contribution is -0.384. The van der Waals surface area contributed by atoms with Crippen LogP contribution in [0.2, 0.25) is 0 Å². The van der Waals surface area contributed by atoms with Gasteiger partial charge in [0.05, 0.1) is 15.1 Å². The molecule has 0 amide bonds. The SMILES string of the molecule is CC(C)N1CCc2cc(N=Nc3nc4ccc([N+](=O)[O-])cc4s3)c(S(=O)(=O)O)cc21. The average molecular weight is 447 g/mol. The van der Waals surface area contributed by atoms with Gasteiger partial charge in [0, 0.05) is 30.4 Å². The third kappa shape index (κ3) is 3.76. The Bertz CT molecular complexity index is 1300. The number of thiazole rings is 1. The predicted molar refractivity (Wildman–Crippen MR) is 113 cm³/mol. The van der Waals surface area contributed by atoms with Crippen molar-refractivity contribution in [2.75, 3.05) is 11.4 Å². The van der Waals surface area contributed by atoms with Gasteiger partial charge in [-0.3, -0.25) is 14.7 Å². The lowest BCUT2D eigenvalue weighted by Gasteiger charge is -2.24. The molecule has 12 heteroatoms. The molecule has 0 unspecified atom stereocenters. The van der Waals surface area contributed by atoms with Gasteiger partial charge in [-0.2, -0.15) is 8.42 Å². The van der Waals surface area contributed by atoms with Crippen molar-refractivity contribution < 1.29 is 17.9 Å². The number of nitro benzene ring substituents is 1. The van der Waals surface area contributed by atoms with E-state index in [0.29, 0.717) is 10.2 Å².